The van der Waals surface area contributed by atoms with E-state index in [0.717, 1.165) is 88.8 Å². The van der Waals surface area contributed by atoms with E-state index in [1.54, 1.807) is 35.3 Å². The smallest absolute Gasteiger partial charge is 0.276 e. The van der Waals surface area contributed by atoms with Gasteiger partial charge in [-0.2, -0.15) is 0 Å². The van der Waals surface area contributed by atoms with E-state index < -0.39 is 6.04 Å². The molecule has 5 aliphatic heterocycles. The van der Waals surface area contributed by atoms with E-state index in [2.05, 4.69) is 79.9 Å². The molecule has 1 saturated carbocycles. The lowest BCUT2D eigenvalue weighted by atomic mass is 9.87. The van der Waals surface area contributed by atoms with Crippen molar-refractivity contribution in [3.05, 3.63) is 117 Å². The minimum absolute atomic E-state index is 0.111. The number of pyridine rings is 3. The fraction of sp³-hybridized carbons (Fsp3) is 0.491. The molecule has 2 aliphatic carbocycles. The Morgan fingerprint density at radius 2 is 1.62 bits per heavy atom. The summed E-state index contributed by atoms with van der Waals surface area (Å²) in [5.41, 5.74) is 9.24. The number of nitrogens with zero attached hydrogens (tertiary/aromatic N) is 9. The number of piperidine rings is 1. The largest absolute Gasteiger partial charge is 0.392 e. The first-order valence-corrected chi connectivity index (χ1v) is 26.8. The number of aromatic nitrogens is 4. The number of benzene rings is 1. The molecule has 0 radical (unpaired) electrons. The van der Waals surface area contributed by atoms with Crippen LogP contribution >= 0.6 is 0 Å². The number of aliphatic hydroxyl groups excluding tert-OH is 1. The van der Waals surface area contributed by atoms with Crippen LogP contribution in [-0.4, -0.2) is 119 Å². The molecule has 74 heavy (non-hydrogen) atoms. The number of rotatable bonds is 10. The van der Waals surface area contributed by atoms with Crippen LogP contribution in [0.5, 0.6) is 0 Å². The summed E-state index contributed by atoms with van der Waals surface area (Å²) in [7, 11) is 1.70. The number of anilines is 4. The van der Waals surface area contributed by atoms with Gasteiger partial charge >= 0.3 is 0 Å². The van der Waals surface area contributed by atoms with Gasteiger partial charge in [-0.15, -0.1) is 0 Å². The molecule has 0 spiro atoms. The molecule has 9 heterocycles. The van der Waals surface area contributed by atoms with E-state index in [1.807, 2.05) is 24.4 Å². The zero-order valence-corrected chi connectivity index (χ0v) is 43.0. The summed E-state index contributed by atoms with van der Waals surface area (Å²) in [5, 5.41) is 16.5. The lowest BCUT2D eigenvalue weighted by Crippen LogP contribution is -2.56. The number of nitrogens with one attached hydrogen (secondary N) is 2. The quantitative estimate of drug-likeness (QED) is 0.137. The molecule has 17 nitrogen and oxygen atoms in total. The van der Waals surface area contributed by atoms with Gasteiger partial charge in [-0.1, -0.05) is 26.0 Å². The molecule has 0 bridgehead atoms. The first-order chi connectivity index (χ1) is 35.7. The van der Waals surface area contributed by atoms with E-state index in [0.29, 0.717) is 83.4 Å². The predicted octanol–water partition coefficient (Wildman–Crippen LogP) is 6.08. The molecule has 3 N–H and O–H groups in total. The monoisotopic (exact) mass is 1000 g/mol. The van der Waals surface area contributed by atoms with Gasteiger partial charge in [0.15, 0.2) is 0 Å². The summed E-state index contributed by atoms with van der Waals surface area (Å²) in [5.74, 6) is 0.0826. The van der Waals surface area contributed by atoms with Crippen molar-refractivity contribution >= 4 is 46.6 Å². The lowest BCUT2D eigenvalue weighted by Gasteiger charge is -2.47. The van der Waals surface area contributed by atoms with Crippen molar-refractivity contribution in [2.75, 3.05) is 47.8 Å². The normalized spacial score (nSPS) is 25.1. The molecule has 1 aromatic carbocycles. The Morgan fingerprint density at radius 1 is 0.797 bits per heavy atom. The van der Waals surface area contributed by atoms with Crippen LogP contribution < -0.4 is 26.0 Å². The van der Waals surface area contributed by atoms with Gasteiger partial charge < -0.3 is 29.4 Å². The molecule has 4 amide bonds. The highest BCUT2D eigenvalue weighted by molar-refractivity contribution is 6.07. The average Bonchev–Trinajstić information content (AvgIpc) is 4.17. The van der Waals surface area contributed by atoms with Crippen molar-refractivity contribution in [3.63, 3.8) is 0 Å². The van der Waals surface area contributed by atoms with Gasteiger partial charge in [-0.3, -0.25) is 44.0 Å². The molecule has 3 saturated heterocycles. The van der Waals surface area contributed by atoms with E-state index in [-0.39, 0.29) is 59.7 Å². The fourth-order valence-electron chi connectivity index (χ4n) is 13.8. The SMILES string of the molecule is C[C@H]1CN(C2CCC(N3CCC[C@H]3c3ccc4c(c3)C(=O)N(C3CCC(=O)NC3=O)C4)CC2)CCN1c1ccc(Nc2cc(-c3ccnc(N4CCn5c(cc6c5CC(C)(C)C6)C4=O)c3CO)cn(C)c2=O)nc1. The van der Waals surface area contributed by atoms with Crippen LogP contribution in [0.15, 0.2) is 71.9 Å². The zero-order valence-electron chi connectivity index (χ0n) is 43.0. The molecule has 4 fully saturated rings. The molecule has 5 aromatic rings. The summed E-state index contributed by atoms with van der Waals surface area (Å²) in [6.07, 6.45) is 14.6. The second-order valence-corrected chi connectivity index (χ2v) is 22.7. The third-order valence-corrected chi connectivity index (χ3v) is 17.4. The Bertz CT molecular complexity index is 3140. The van der Waals surface area contributed by atoms with E-state index >= 15 is 0 Å². The minimum atomic E-state index is -0.606. The Balaban J connectivity index is 0.663. The van der Waals surface area contributed by atoms with Crippen molar-refractivity contribution in [2.45, 2.75) is 135 Å². The van der Waals surface area contributed by atoms with Crippen LogP contribution in [0.2, 0.25) is 0 Å². The standard InChI is InChI=1S/C57H67N11O6/c1-34-30-63(39-9-11-40(12-10-39)65-19-5-6-46(65)35-7-8-36-32-68(54(72)43(36)24-35)47-14-16-51(70)61-53(47)71)20-21-64(34)41-13-15-50(59-29-41)60-45-25-38(31-62(4)55(45)73)42-17-18-58-52(44(42)33-69)67-23-22-66-48(56(67)74)26-37-27-57(2,3)28-49(37)66/h7-8,13,15,17-18,24-26,29,31,34,39-40,46-47,69H,5-6,9-12,14,16,19-23,27-28,30,32-33H2,1-4H3,(H,59,60)(H,61,70,71)/t34-,39?,40?,46-,47?/m0/s1. The lowest BCUT2D eigenvalue weighted by molar-refractivity contribution is -0.136. The molecular formula is C57H67N11O6. The third kappa shape index (κ3) is 8.59. The minimum Gasteiger partial charge on any atom is -0.392 e. The Kier molecular flexibility index (Phi) is 12.3. The Labute approximate surface area is 431 Å². The van der Waals surface area contributed by atoms with Gasteiger partial charge in [0, 0.05) is 112 Å². The van der Waals surface area contributed by atoms with Gasteiger partial charge in [0.25, 0.3) is 17.4 Å². The molecule has 3 atom stereocenters. The number of aryl methyl sites for hydroxylation is 1. The molecule has 17 heteroatoms. The van der Waals surface area contributed by atoms with Crippen molar-refractivity contribution in [1.82, 2.24) is 39.1 Å². The number of likely N-dealkylation sites (tertiary alicyclic amines) is 1. The molecular weight excluding hydrogens is 935 g/mol. The second-order valence-electron chi connectivity index (χ2n) is 22.7. The molecule has 4 aromatic heterocycles. The van der Waals surface area contributed by atoms with Gasteiger partial charge in [-0.25, -0.2) is 9.97 Å². The van der Waals surface area contributed by atoms with Crippen LogP contribution in [0.4, 0.5) is 23.0 Å². The first-order valence-electron chi connectivity index (χ1n) is 26.8. The number of amides is 4. The number of piperazine rings is 1. The Morgan fingerprint density at radius 3 is 2.39 bits per heavy atom. The maximum absolute atomic E-state index is 14.0. The van der Waals surface area contributed by atoms with Crippen LogP contribution in [0, 0.1) is 5.41 Å². The zero-order chi connectivity index (χ0) is 51.2. The summed E-state index contributed by atoms with van der Waals surface area (Å²) in [6.45, 7) is 11.9. The number of imide groups is 1. The van der Waals surface area contributed by atoms with Crippen LogP contribution in [0.25, 0.3) is 11.1 Å². The molecule has 1 unspecified atom stereocenters. The van der Waals surface area contributed by atoms with Crippen molar-refractivity contribution in [2.24, 2.45) is 12.5 Å². The molecule has 12 rings (SSSR count). The predicted molar refractivity (Wildman–Crippen MR) is 281 cm³/mol. The van der Waals surface area contributed by atoms with E-state index in [9.17, 15) is 29.1 Å². The summed E-state index contributed by atoms with van der Waals surface area (Å²) < 4.78 is 3.69. The van der Waals surface area contributed by atoms with Crippen molar-refractivity contribution in [3.8, 4) is 11.1 Å². The highest BCUT2D eigenvalue weighted by Gasteiger charge is 2.42. The van der Waals surface area contributed by atoms with Gasteiger partial charge in [0.05, 0.1) is 18.5 Å². The highest BCUT2D eigenvalue weighted by atomic mass is 16.3. The van der Waals surface area contributed by atoms with Crippen LogP contribution in [0.1, 0.15) is 127 Å². The number of carbonyl (C=O) groups is 4. The number of aliphatic hydroxyl groups is 1. The van der Waals surface area contributed by atoms with Gasteiger partial charge in [-0.05, 0) is 135 Å². The van der Waals surface area contributed by atoms with Gasteiger partial charge in [0.2, 0.25) is 11.8 Å². The summed E-state index contributed by atoms with van der Waals surface area (Å²) in [4.78, 5) is 86.2. The van der Waals surface area contributed by atoms with Crippen molar-refractivity contribution in [1.29, 1.82) is 0 Å². The van der Waals surface area contributed by atoms with Gasteiger partial charge in [0.1, 0.15) is 29.1 Å². The third-order valence-electron chi connectivity index (χ3n) is 17.4. The van der Waals surface area contributed by atoms with E-state index in [4.69, 9.17) is 4.98 Å². The maximum Gasteiger partial charge on any atom is 0.276 e. The Hall–Kier alpha value is -6.69. The van der Waals surface area contributed by atoms with Crippen LogP contribution in [0.3, 0.4) is 0 Å². The summed E-state index contributed by atoms with van der Waals surface area (Å²) in [6, 6.07) is 17.0. The second kappa shape index (κ2) is 18.9. The summed E-state index contributed by atoms with van der Waals surface area (Å²) >= 11 is 0. The number of fused-ring (bicyclic) bond motifs is 4. The fourth-order valence-corrected chi connectivity index (χ4v) is 13.8. The highest BCUT2D eigenvalue weighted by Crippen LogP contribution is 2.42. The molecule has 7 aliphatic rings. The molecule has 386 valence electrons. The van der Waals surface area contributed by atoms with Crippen LogP contribution in [-0.2, 0) is 49.2 Å². The first kappa shape index (κ1) is 48.3. The van der Waals surface area contributed by atoms with Crippen molar-refractivity contribution < 1.29 is 24.3 Å². The number of hydrogen-bond acceptors (Lipinski definition) is 12. The number of hydrogen-bond donors (Lipinski definition) is 3. The average molecular weight is 1000 g/mol. The maximum atomic E-state index is 14.0. The van der Waals surface area contributed by atoms with E-state index in [1.165, 1.54) is 21.4 Å². The number of carbonyl (C=O) groups excluding carboxylic acids is 4. The topological polar surface area (TPSA) is 181 Å².